The van der Waals surface area contributed by atoms with Crippen molar-refractivity contribution in [3.05, 3.63) is 24.3 Å². The van der Waals surface area contributed by atoms with Gasteiger partial charge in [-0.05, 0) is 37.1 Å². The molecule has 116 valence electrons. The maximum absolute atomic E-state index is 11.2. The number of nitrogens with one attached hydrogen (secondary N) is 1. The van der Waals surface area contributed by atoms with Crippen LogP contribution in [-0.2, 0) is 4.79 Å². The van der Waals surface area contributed by atoms with E-state index in [0.29, 0.717) is 12.8 Å². The first-order chi connectivity index (χ1) is 10.1. The number of methoxy groups -OCH3 is 1. The predicted octanol–water partition coefficient (Wildman–Crippen LogP) is 1.38. The van der Waals surface area contributed by atoms with Gasteiger partial charge >= 0.3 is 0 Å². The molecule has 0 saturated carbocycles. The first-order valence-corrected chi connectivity index (χ1v) is 7.54. The third-order valence-electron chi connectivity index (χ3n) is 3.87. The van der Waals surface area contributed by atoms with Gasteiger partial charge in [0, 0.05) is 25.3 Å². The minimum absolute atomic E-state index is 0.0753. The molecule has 5 nitrogen and oxygen atoms in total. The molecule has 0 radical (unpaired) electrons. The van der Waals surface area contributed by atoms with Gasteiger partial charge in [0.2, 0.25) is 5.91 Å². The molecule has 1 amide bonds. The number of alkyl halides is 1. The SMILES string of the molecule is COc1ccc(N2CCC(O)(CNC(=O)CCl)CC2)cc1. The van der Waals surface area contributed by atoms with Crippen LogP contribution in [0.3, 0.4) is 0 Å². The predicted molar refractivity (Wildman–Crippen MR) is 83.1 cm³/mol. The third-order valence-corrected chi connectivity index (χ3v) is 4.11. The molecule has 1 aromatic carbocycles. The number of carbonyl (C=O) groups excluding carboxylic acids is 1. The molecule has 0 unspecified atom stereocenters. The average molecular weight is 313 g/mol. The Kier molecular flexibility index (Phi) is 5.31. The summed E-state index contributed by atoms with van der Waals surface area (Å²) in [5, 5.41) is 13.1. The fourth-order valence-corrected chi connectivity index (χ4v) is 2.56. The Morgan fingerprint density at radius 2 is 2.00 bits per heavy atom. The monoisotopic (exact) mass is 312 g/mol. The first-order valence-electron chi connectivity index (χ1n) is 7.00. The standard InChI is InChI=1S/C15H21ClN2O3/c1-21-13-4-2-12(3-5-13)18-8-6-15(20,7-9-18)11-17-14(19)10-16/h2-5,20H,6-11H2,1H3,(H,17,19). The van der Waals surface area contributed by atoms with Crippen LogP contribution in [0.2, 0.25) is 0 Å². The van der Waals surface area contributed by atoms with Crippen LogP contribution in [0.25, 0.3) is 0 Å². The highest BCUT2D eigenvalue weighted by atomic mass is 35.5. The van der Waals surface area contributed by atoms with Crippen LogP contribution in [0, 0.1) is 0 Å². The van der Waals surface area contributed by atoms with Crippen LogP contribution >= 0.6 is 11.6 Å². The molecule has 21 heavy (non-hydrogen) atoms. The minimum atomic E-state index is -0.843. The van der Waals surface area contributed by atoms with Crippen molar-refractivity contribution in [2.45, 2.75) is 18.4 Å². The largest absolute Gasteiger partial charge is 0.497 e. The second-order valence-corrected chi connectivity index (χ2v) is 5.59. The van der Waals surface area contributed by atoms with Gasteiger partial charge in [0.25, 0.3) is 0 Å². The van der Waals surface area contributed by atoms with Crippen molar-refractivity contribution in [3.63, 3.8) is 0 Å². The van der Waals surface area contributed by atoms with Crippen molar-refractivity contribution in [2.75, 3.05) is 37.5 Å². The van der Waals surface area contributed by atoms with E-state index in [-0.39, 0.29) is 18.3 Å². The van der Waals surface area contributed by atoms with E-state index in [2.05, 4.69) is 10.2 Å². The average Bonchev–Trinajstić information content (AvgIpc) is 2.53. The molecule has 1 aliphatic heterocycles. The zero-order valence-corrected chi connectivity index (χ0v) is 12.9. The van der Waals surface area contributed by atoms with Gasteiger partial charge in [-0.15, -0.1) is 11.6 Å². The Morgan fingerprint density at radius 3 is 2.52 bits per heavy atom. The second-order valence-electron chi connectivity index (χ2n) is 5.32. The number of ether oxygens (including phenoxy) is 1. The lowest BCUT2D eigenvalue weighted by molar-refractivity contribution is -0.120. The maximum Gasteiger partial charge on any atom is 0.235 e. The molecular weight excluding hydrogens is 292 g/mol. The van der Waals surface area contributed by atoms with Crippen LogP contribution in [0.1, 0.15) is 12.8 Å². The number of carbonyl (C=O) groups is 1. The Labute approximate surface area is 129 Å². The smallest absolute Gasteiger partial charge is 0.235 e. The number of nitrogens with zero attached hydrogens (tertiary/aromatic N) is 1. The number of hydrogen-bond donors (Lipinski definition) is 2. The third kappa shape index (κ3) is 4.25. The van der Waals surface area contributed by atoms with Crippen molar-refractivity contribution < 1.29 is 14.6 Å². The lowest BCUT2D eigenvalue weighted by atomic mass is 9.91. The van der Waals surface area contributed by atoms with Crippen molar-refractivity contribution >= 4 is 23.2 Å². The minimum Gasteiger partial charge on any atom is -0.497 e. The number of halogens is 1. The lowest BCUT2D eigenvalue weighted by Gasteiger charge is -2.39. The Morgan fingerprint density at radius 1 is 1.38 bits per heavy atom. The van der Waals surface area contributed by atoms with Crippen LogP contribution in [0.5, 0.6) is 5.75 Å². The zero-order valence-electron chi connectivity index (χ0n) is 12.1. The van der Waals surface area contributed by atoms with E-state index in [9.17, 15) is 9.90 Å². The van der Waals surface area contributed by atoms with Crippen LogP contribution < -0.4 is 15.0 Å². The summed E-state index contributed by atoms with van der Waals surface area (Å²) in [4.78, 5) is 13.4. The summed E-state index contributed by atoms with van der Waals surface area (Å²) in [6, 6.07) is 7.88. The van der Waals surface area contributed by atoms with Gasteiger partial charge in [-0.1, -0.05) is 0 Å². The van der Waals surface area contributed by atoms with Gasteiger partial charge in [-0.3, -0.25) is 4.79 Å². The lowest BCUT2D eigenvalue weighted by Crippen LogP contribution is -2.51. The summed E-state index contributed by atoms with van der Waals surface area (Å²) in [5.41, 5.74) is 0.271. The first kappa shape index (κ1) is 15.9. The summed E-state index contributed by atoms with van der Waals surface area (Å²) in [7, 11) is 1.64. The molecule has 0 aliphatic carbocycles. The molecule has 6 heteroatoms. The molecule has 1 fully saturated rings. The van der Waals surface area contributed by atoms with Crippen molar-refractivity contribution in [2.24, 2.45) is 0 Å². The fourth-order valence-electron chi connectivity index (χ4n) is 2.46. The quantitative estimate of drug-likeness (QED) is 0.807. The number of anilines is 1. The van der Waals surface area contributed by atoms with Crippen molar-refractivity contribution in [1.82, 2.24) is 5.32 Å². The van der Waals surface area contributed by atoms with Gasteiger partial charge in [-0.2, -0.15) is 0 Å². The summed E-state index contributed by atoms with van der Waals surface area (Å²) in [6.45, 7) is 1.76. The number of benzene rings is 1. The highest BCUT2D eigenvalue weighted by Gasteiger charge is 2.32. The molecule has 2 rings (SSSR count). The number of aliphatic hydroxyl groups is 1. The van der Waals surface area contributed by atoms with Crippen LogP contribution in [0.15, 0.2) is 24.3 Å². The Hall–Kier alpha value is -1.46. The van der Waals surface area contributed by atoms with Crippen molar-refractivity contribution in [1.29, 1.82) is 0 Å². The molecule has 0 bridgehead atoms. The molecule has 2 N–H and O–H groups in total. The Balaban J connectivity index is 1.88. The van der Waals surface area contributed by atoms with Gasteiger partial charge < -0.3 is 20.1 Å². The van der Waals surface area contributed by atoms with E-state index in [4.69, 9.17) is 16.3 Å². The highest BCUT2D eigenvalue weighted by molar-refractivity contribution is 6.27. The normalized spacial score (nSPS) is 17.4. The molecular formula is C15H21ClN2O3. The number of rotatable bonds is 5. The topological polar surface area (TPSA) is 61.8 Å². The van der Waals surface area contributed by atoms with Crippen LogP contribution in [0.4, 0.5) is 5.69 Å². The highest BCUT2D eigenvalue weighted by Crippen LogP contribution is 2.27. The summed E-state index contributed by atoms with van der Waals surface area (Å²) < 4.78 is 5.15. The van der Waals surface area contributed by atoms with E-state index in [1.54, 1.807) is 7.11 Å². The summed E-state index contributed by atoms with van der Waals surface area (Å²) in [6.07, 6.45) is 1.23. The Bertz CT molecular complexity index is 470. The molecule has 0 aromatic heterocycles. The zero-order chi connectivity index (χ0) is 15.3. The number of hydrogen-bond acceptors (Lipinski definition) is 4. The number of amides is 1. The molecule has 1 aromatic rings. The molecule has 0 atom stereocenters. The van der Waals surface area contributed by atoms with Crippen LogP contribution in [-0.4, -0.2) is 49.2 Å². The molecule has 1 saturated heterocycles. The number of piperidine rings is 1. The van der Waals surface area contributed by atoms with E-state index < -0.39 is 5.60 Å². The van der Waals surface area contributed by atoms with E-state index in [1.165, 1.54) is 0 Å². The van der Waals surface area contributed by atoms with E-state index in [1.807, 2.05) is 24.3 Å². The van der Waals surface area contributed by atoms with Gasteiger partial charge in [0.05, 0.1) is 12.7 Å². The fraction of sp³-hybridized carbons (Fsp3) is 0.533. The molecule has 1 aliphatic rings. The molecule has 1 heterocycles. The van der Waals surface area contributed by atoms with Gasteiger partial charge in [0.1, 0.15) is 11.6 Å². The van der Waals surface area contributed by atoms with Gasteiger partial charge in [0.15, 0.2) is 0 Å². The molecule has 0 spiro atoms. The van der Waals surface area contributed by atoms with Gasteiger partial charge in [-0.25, -0.2) is 0 Å². The summed E-state index contributed by atoms with van der Waals surface area (Å²) in [5.74, 6) is 0.507. The van der Waals surface area contributed by atoms with E-state index in [0.717, 1.165) is 24.5 Å². The maximum atomic E-state index is 11.2. The summed E-state index contributed by atoms with van der Waals surface area (Å²) >= 11 is 5.43. The van der Waals surface area contributed by atoms with Crippen molar-refractivity contribution in [3.8, 4) is 5.75 Å². The van der Waals surface area contributed by atoms with E-state index >= 15 is 0 Å². The second kappa shape index (κ2) is 7.00.